The molecule has 6 nitrogen and oxygen atoms in total. The molecule has 1 aliphatic heterocycles. The van der Waals surface area contributed by atoms with E-state index in [0.29, 0.717) is 18.0 Å². The predicted molar refractivity (Wildman–Crippen MR) is 102 cm³/mol. The van der Waals surface area contributed by atoms with Crippen molar-refractivity contribution in [3.63, 3.8) is 0 Å². The van der Waals surface area contributed by atoms with Crippen molar-refractivity contribution in [2.45, 2.75) is 19.9 Å². The second-order valence-corrected chi connectivity index (χ2v) is 7.69. The van der Waals surface area contributed by atoms with E-state index in [2.05, 4.69) is 15.2 Å². The van der Waals surface area contributed by atoms with Crippen LogP contribution in [0.4, 0.5) is 5.69 Å². The molecule has 0 bridgehead atoms. The summed E-state index contributed by atoms with van der Waals surface area (Å²) in [5, 5.41) is 4.78. The Labute approximate surface area is 157 Å². The van der Waals surface area contributed by atoms with Gasteiger partial charge in [-0.05, 0) is 17.4 Å². The second-order valence-electron chi connectivity index (χ2n) is 6.74. The number of amides is 2. The Morgan fingerprint density at radius 3 is 2.38 bits per heavy atom. The van der Waals surface area contributed by atoms with E-state index in [1.807, 2.05) is 54.7 Å². The van der Waals surface area contributed by atoms with Crippen LogP contribution in [-0.2, 0) is 4.79 Å². The summed E-state index contributed by atoms with van der Waals surface area (Å²) < 4.78 is 0. The molecule has 3 rings (SSSR count). The number of pyridine rings is 1. The van der Waals surface area contributed by atoms with Gasteiger partial charge in [0.05, 0.1) is 4.88 Å². The molecule has 0 unspecified atom stereocenters. The molecule has 0 saturated carbocycles. The number of anilines is 1. The number of hydrogen-bond donors (Lipinski definition) is 1. The van der Waals surface area contributed by atoms with Gasteiger partial charge in [-0.1, -0.05) is 19.9 Å². The van der Waals surface area contributed by atoms with Crippen LogP contribution in [0, 0.1) is 5.92 Å². The van der Waals surface area contributed by atoms with E-state index in [1.165, 1.54) is 11.3 Å². The Morgan fingerprint density at radius 1 is 1.12 bits per heavy atom. The molecule has 2 amide bonds. The first kappa shape index (κ1) is 18.4. The summed E-state index contributed by atoms with van der Waals surface area (Å²) in [6.07, 6.45) is 3.81. The monoisotopic (exact) mass is 373 g/mol. The molecule has 0 spiro atoms. The Morgan fingerprint density at radius 2 is 1.81 bits per heavy atom. The Kier molecular flexibility index (Phi) is 5.88. The molecule has 0 aliphatic carbocycles. The molecule has 0 aromatic carbocycles. The molecule has 138 valence electrons. The molecule has 1 atom stereocenters. The number of aromatic amines is 1. The normalized spacial score (nSPS) is 15.8. The van der Waals surface area contributed by atoms with Gasteiger partial charge in [0.15, 0.2) is 12.4 Å². The third-order valence-electron chi connectivity index (χ3n) is 4.62. The number of nitrogens with zero attached hydrogens (tertiary/aromatic N) is 2. The first-order valence-electron chi connectivity index (χ1n) is 8.90. The number of thiophene rings is 1. The molecule has 2 aromatic heterocycles. The number of carbonyl (C=O) groups is 2. The van der Waals surface area contributed by atoms with E-state index in [0.717, 1.165) is 18.8 Å². The molecular formula is C19H25N4O2S+. The van der Waals surface area contributed by atoms with Crippen LogP contribution < -0.4 is 15.2 Å². The van der Waals surface area contributed by atoms with Gasteiger partial charge >= 0.3 is 0 Å². The molecule has 3 heterocycles. The van der Waals surface area contributed by atoms with E-state index in [4.69, 9.17) is 0 Å². The molecule has 1 fully saturated rings. The highest BCUT2D eigenvalue weighted by Crippen LogP contribution is 2.16. The van der Waals surface area contributed by atoms with Crippen LogP contribution in [0.15, 0.2) is 42.0 Å². The largest absolute Gasteiger partial charge is 0.368 e. The molecule has 7 heteroatoms. The van der Waals surface area contributed by atoms with Gasteiger partial charge in [0.25, 0.3) is 5.91 Å². The summed E-state index contributed by atoms with van der Waals surface area (Å²) >= 11 is 1.38. The summed E-state index contributed by atoms with van der Waals surface area (Å²) in [7, 11) is 0. The summed E-state index contributed by atoms with van der Waals surface area (Å²) in [6.45, 7) is 6.84. The number of rotatable bonds is 5. The van der Waals surface area contributed by atoms with E-state index in [1.54, 1.807) is 6.07 Å². The van der Waals surface area contributed by atoms with Crippen LogP contribution in [0.2, 0.25) is 0 Å². The molecule has 1 saturated heterocycles. The zero-order valence-electron chi connectivity index (χ0n) is 15.1. The van der Waals surface area contributed by atoms with Crippen LogP contribution in [0.1, 0.15) is 23.5 Å². The summed E-state index contributed by atoms with van der Waals surface area (Å²) in [6, 6.07) is 7.19. The molecule has 26 heavy (non-hydrogen) atoms. The zero-order valence-corrected chi connectivity index (χ0v) is 16.0. The zero-order chi connectivity index (χ0) is 18.5. The minimum atomic E-state index is -0.498. The maximum atomic E-state index is 13.0. The van der Waals surface area contributed by atoms with Crippen molar-refractivity contribution in [2.24, 2.45) is 5.92 Å². The quantitative estimate of drug-likeness (QED) is 0.867. The van der Waals surface area contributed by atoms with Crippen LogP contribution in [-0.4, -0.2) is 48.9 Å². The highest BCUT2D eigenvalue weighted by atomic mass is 32.1. The lowest BCUT2D eigenvalue weighted by atomic mass is 10.0. The van der Waals surface area contributed by atoms with Gasteiger partial charge in [-0.15, -0.1) is 11.3 Å². The smallest absolute Gasteiger partial charge is 0.262 e. The Bertz CT molecular complexity index is 725. The second kappa shape index (κ2) is 8.31. The van der Waals surface area contributed by atoms with E-state index < -0.39 is 6.04 Å². The molecule has 1 aliphatic rings. The van der Waals surface area contributed by atoms with Gasteiger partial charge in [-0.25, -0.2) is 4.98 Å². The maximum Gasteiger partial charge on any atom is 0.262 e. The average molecular weight is 374 g/mol. The minimum absolute atomic E-state index is 0.00551. The van der Waals surface area contributed by atoms with Gasteiger partial charge in [-0.2, -0.15) is 0 Å². The molecule has 2 aromatic rings. The number of carbonyl (C=O) groups excluding carboxylic acids is 2. The number of H-pyrrole nitrogens is 1. The fourth-order valence-corrected chi connectivity index (χ4v) is 3.73. The highest BCUT2D eigenvalue weighted by Gasteiger charge is 2.31. The summed E-state index contributed by atoms with van der Waals surface area (Å²) in [4.78, 5) is 33.1. The Hall–Kier alpha value is -2.41. The molecule has 0 radical (unpaired) electrons. The third kappa shape index (κ3) is 4.22. The van der Waals surface area contributed by atoms with Crippen molar-refractivity contribution >= 4 is 28.8 Å². The first-order valence-corrected chi connectivity index (χ1v) is 9.78. The number of piperazine rings is 1. The van der Waals surface area contributed by atoms with Crippen molar-refractivity contribution in [3.8, 4) is 0 Å². The van der Waals surface area contributed by atoms with Crippen LogP contribution in [0.3, 0.4) is 0 Å². The number of aromatic nitrogens is 1. The SMILES string of the molecule is CC(C)[C@@H](NC(=O)c1cccs1)C(=O)N1CCN(c2cc[nH+]cc2)CC1. The van der Waals surface area contributed by atoms with E-state index >= 15 is 0 Å². The van der Waals surface area contributed by atoms with Gasteiger partial charge in [0.1, 0.15) is 6.04 Å². The Balaban J connectivity index is 1.60. The fourth-order valence-electron chi connectivity index (χ4n) is 3.10. The lowest BCUT2D eigenvalue weighted by molar-refractivity contribution is -0.377. The van der Waals surface area contributed by atoms with Gasteiger partial charge in [-0.3, -0.25) is 9.59 Å². The maximum absolute atomic E-state index is 13.0. The standard InChI is InChI=1S/C19H24N4O2S/c1-14(2)17(21-18(24)16-4-3-13-26-16)19(25)23-11-9-22(10-12-23)15-5-7-20-8-6-15/h3-8,13-14,17H,9-12H2,1-2H3,(H,21,24)/p+1/t17-/m1/s1. The van der Waals surface area contributed by atoms with Crippen LogP contribution in [0.25, 0.3) is 0 Å². The van der Waals surface area contributed by atoms with Crippen LogP contribution >= 0.6 is 11.3 Å². The van der Waals surface area contributed by atoms with E-state index in [9.17, 15) is 9.59 Å². The predicted octanol–water partition coefficient (Wildman–Crippen LogP) is 1.67. The fraction of sp³-hybridized carbons (Fsp3) is 0.421. The van der Waals surface area contributed by atoms with Crippen molar-refractivity contribution in [1.29, 1.82) is 0 Å². The lowest BCUT2D eigenvalue weighted by Gasteiger charge is -2.38. The minimum Gasteiger partial charge on any atom is -0.368 e. The first-order chi connectivity index (χ1) is 12.6. The molecule has 2 N–H and O–H groups in total. The topological polar surface area (TPSA) is 66.8 Å². The average Bonchev–Trinajstić information content (AvgIpc) is 3.21. The van der Waals surface area contributed by atoms with Crippen molar-refractivity contribution in [1.82, 2.24) is 10.2 Å². The third-order valence-corrected chi connectivity index (χ3v) is 5.49. The van der Waals surface area contributed by atoms with Gasteiger partial charge < -0.3 is 15.1 Å². The van der Waals surface area contributed by atoms with Crippen LogP contribution in [0.5, 0.6) is 0 Å². The number of hydrogen-bond acceptors (Lipinski definition) is 4. The van der Waals surface area contributed by atoms with Gasteiger partial charge in [0, 0.05) is 44.0 Å². The molecular weight excluding hydrogens is 348 g/mol. The van der Waals surface area contributed by atoms with Crippen molar-refractivity contribution in [2.75, 3.05) is 31.1 Å². The summed E-state index contributed by atoms with van der Waals surface area (Å²) in [5.74, 6) is -0.133. The van der Waals surface area contributed by atoms with Crippen molar-refractivity contribution < 1.29 is 14.6 Å². The highest BCUT2D eigenvalue weighted by molar-refractivity contribution is 7.12. The summed E-state index contributed by atoms with van der Waals surface area (Å²) in [5.41, 5.74) is 1.15. The lowest BCUT2D eigenvalue weighted by Crippen LogP contribution is -2.56. The van der Waals surface area contributed by atoms with E-state index in [-0.39, 0.29) is 17.7 Å². The van der Waals surface area contributed by atoms with Crippen molar-refractivity contribution in [3.05, 3.63) is 46.9 Å². The van der Waals surface area contributed by atoms with Gasteiger partial charge in [0.2, 0.25) is 5.91 Å². The number of nitrogens with one attached hydrogen (secondary N) is 2.